The normalized spacial score (nSPS) is 14.2. The molecule has 0 fully saturated rings. The average Bonchev–Trinajstić information content (AvgIpc) is 2.99. The van der Waals surface area contributed by atoms with Crippen molar-refractivity contribution in [2.45, 2.75) is 37.3 Å². The number of nitrogens with zero attached hydrogens (tertiary/aromatic N) is 2. The molecular weight excluding hydrogens is 440 g/mol. The van der Waals surface area contributed by atoms with Gasteiger partial charge < -0.3 is 15.0 Å². The molecule has 9 heteroatoms. The van der Waals surface area contributed by atoms with Crippen LogP contribution in [-0.2, 0) is 25.7 Å². The van der Waals surface area contributed by atoms with Gasteiger partial charge in [-0.25, -0.2) is 5.84 Å². The predicted molar refractivity (Wildman–Crippen MR) is 128 cm³/mol. The van der Waals surface area contributed by atoms with Crippen molar-refractivity contribution < 1.29 is 19.1 Å². The van der Waals surface area contributed by atoms with E-state index in [2.05, 4.69) is 5.32 Å². The van der Waals surface area contributed by atoms with Crippen LogP contribution in [0.25, 0.3) is 0 Å². The molecule has 1 aliphatic rings. The lowest BCUT2D eigenvalue weighted by atomic mass is 10.2. The summed E-state index contributed by atoms with van der Waals surface area (Å²) in [6, 6.07) is 16.3. The minimum absolute atomic E-state index is 0.00468. The van der Waals surface area contributed by atoms with E-state index >= 15 is 0 Å². The van der Waals surface area contributed by atoms with Crippen molar-refractivity contribution in [1.29, 1.82) is 0 Å². The van der Waals surface area contributed by atoms with Crippen LogP contribution in [0.5, 0.6) is 0 Å². The Kier molecular flexibility index (Phi) is 9.29. The van der Waals surface area contributed by atoms with Crippen LogP contribution < -0.4 is 16.1 Å². The number of thioether (sulfide) groups is 1. The van der Waals surface area contributed by atoms with E-state index in [0.717, 1.165) is 21.2 Å². The number of nitrogens with two attached hydrogens (primary N) is 1. The Balaban J connectivity index is 1.60. The molecule has 1 atom stereocenters. The zero-order chi connectivity index (χ0) is 23.6. The van der Waals surface area contributed by atoms with Gasteiger partial charge in [-0.05, 0) is 24.6 Å². The fourth-order valence-corrected chi connectivity index (χ4v) is 4.44. The number of nitrogens with one attached hydrogen (secondary N) is 1. The van der Waals surface area contributed by atoms with Gasteiger partial charge in [0.15, 0.2) is 0 Å². The van der Waals surface area contributed by atoms with Crippen LogP contribution in [-0.4, -0.2) is 54.2 Å². The first-order valence-corrected chi connectivity index (χ1v) is 12.0. The number of para-hydroxylation sites is 1. The largest absolute Gasteiger partial charge is 0.374 e. The van der Waals surface area contributed by atoms with Gasteiger partial charge in [0, 0.05) is 36.6 Å². The highest BCUT2D eigenvalue weighted by Crippen LogP contribution is 2.34. The van der Waals surface area contributed by atoms with Crippen LogP contribution >= 0.6 is 11.8 Å². The molecule has 2 aromatic carbocycles. The molecule has 33 heavy (non-hydrogen) atoms. The molecule has 0 aliphatic carbocycles. The maximum absolute atomic E-state index is 12.7. The van der Waals surface area contributed by atoms with E-state index in [9.17, 15) is 14.4 Å². The first-order valence-electron chi connectivity index (χ1n) is 11.0. The Hall–Kier alpha value is -2.88. The highest BCUT2D eigenvalue weighted by molar-refractivity contribution is 7.99. The molecule has 0 aromatic heterocycles. The Bertz CT molecular complexity index is 956. The van der Waals surface area contributed by atoms with Gasteiger partial charge in [-0.2, -0.15) is 0 Å². The van der Waals surface area contributed by atoms with Crippen molar-refractivity contribution >= 4 is 35.2 Å². The summed E-state index contributed by atoms with van der Waals surface area (Å²) in [6.45, 7) is 2.60. The van der Waals surface area contributed by atoms with Gasteiger partial charge in [-0.15, -0.1) is 11.8 Å². The third kappa shape index (κ3) is 7.05. The maximum Gasteiger partial charge on any atom is 0.261 e. The number of benzene rings is 2. The summed E-state index contributed by atoms with van der Waals surface area (Å²) in [5.74, 6) is 5.70. The van der Waals surface area contributed by atoms with E-state index in [1.807, 2.05) is 54.6 Å². The molecule has 3 amide bonds. The molecular formula is C24H30N4O4S. The Morgan fingerprint density at radius 1 is 1.18 bits per heavy atom. The van der Waals surface area contributed by atoms with Gasteiger partial charge in [0.1, 0.15) is 6.04 Å². The van der Waals surface area contributed by atoms with Crippen molar-refractivity contribution in [3.05, 3.63) is 60.2 Å². The molecule has 0 bridgehead atoms. The predicted octanol–water partition coefficient (Wildman–Crippen LogP) is 2.33. The van der Waals surface area contributed by atoms with Crippen molar-refractivity contribution in [1.82, 2.24) is 10.3 Å². The first kappa shape index (κ1) is 24.8. The summed E-state index contributed by atoms with van der Waals surface area (Å²) in [5, 5.41) is 3.79. The quantitative estimate of drug-likeness (QED) is 0.314. The standard InChI is InChI=1S/C24H30N4O4S/c1-2-28(25)24(31)19(17-32-16-18-8-4-3-5-9-18)26-22(29)12-14-27-20-10-6-7-11-21(20)33-15-13-23(27)30/h3-11,19H,2,12-17,25H2,1H3,(H,26,29). The Morgan fingerprint density at radius 2 is 1.91 bits per heavy atom. The van der Waals surface area contributed by atoms with E-state index in [-0.39, 0.29) is 31.4 Å². The monoisotopic (exact) mass is 470 g/mol. The van der Waals surface area contributed by atoms with Crippen molar-refractivity contribution in [3.8, 4) is 0 Å². The average molecular weight is 471 g/mol. The number of hydrogen-bond acceptors (Lipinski definition) is 6. The van der Waals surface area contributed by atoms with E-state index in [1.54, 1.807) is 23.6 Å². The summed E-state index contributed by atoms with van der Waals surface area (Å²) in [4.78, 5) is 40.7. The number of fused-ring (bicyclic) bond motifs is 1. The molecule has 0 spiro atoms. The second-order valence-corrected chi connectivity index (χ2v) is 8.74. The van der Waals surface area contributed by atoms with Gasteiger partial charge in [-0.3, -0.25) is 19.4 Å². The lowest BCUT2D eigenvalue weighted by Crippen LogP contribution is -2.53. The number of likely N-dealkylation sites (N-methyl/N-ethyl adjacent to an activating group) is 1. The van der Waals surface area contributed by atoms with E-state index in [4.69, 9.17) is 10.6 Å². The number of rotatable bonds is 10. The number of anilines is 1. The molecule has 8 nitrogen and oxygen atoms in total. The molecule has 3 N–H and O–H groups in total. The summed E-state index contributed by atoms with van der Waals surface area (Å²) in [7, 11) is 0. The Morgan fingerprint density at radius 3 is 2.67 bits per heavy atom. The van der Waals surface area contributed by atoms with Gasteiger partial charge in [-0.1, -0.05) is 42.5 Å². The fraction of sp³-hybridized carbons (Fsp3) is 0.375. The second-order valence-electron chi connectivity index (χ2n) is 7.61. The summed E-state index contributed by atoms with van der Waals surface area (Å²) >= 11 is 1.64. The molecule has 0 saturated carbocycles. The summed E-state index contributed by atoms with van der Waals surface area (Å²) in [6.07, 6.45) is 0.470. The number of hydrazine groups is 1. The molecule has 176 valence electrons. The van der Waals surface area contributed by atoms with Crippen LogP contribution in [0.15, 0.2) is 59.5 Å². The third-order valence-electron chi connectivity index (χ3n) is 5.25. The van der Waals surface area contributed by atoms with Crippen LogP contribution in [0.4, 0.5) is 5.69 Å². The number of ether oxygens (including phenoxy) is 1. The van der Waals surface area contributed by atoms with Crippen molar-refractivity contribution in [2.75, 3.05) is 30.3 Å². The van der Waals surface area contributed by atoms with Crippen molar-refractivity contribution in [3.63, 3.8) is 0 Å². The van der Waals surface area contributed by atoms with E-state index < -0.39 is 11.9 Å². The van der Waals surface area contributed by atoms with Gasteiger partial charge in [0.2, 0.25) is 11.8 Å². The number of carbonyl (C=O) groups excluding carboxylic acids is 3. The zero-order valence-electron chi connectivity index (χ0n) is 18.7. The maximum atomic E-state index is 12.7. The first-order chi connectivity index (χ1) is 16.0. The Labute approximate surface area is 198 Å². The smallest absolute Gasteiger partial charge is 0.261 e. The minimum atomic E-state index is -0.908. The highest BCUT2D eigenvalue weighted by Gasteiger charge is 2.26. The number of amides is 3. The molecule has 2 aromatic rings. The van der Waals surface area contributed by atoms with E-state index in [0.29, 0.717) is 25.3 Å². The summed E-state index contributed by atoms with van der Waals surface area (Å²) < 4.78 is 5.69. The van der Waals surface area contributed by atoms with Crippen LogP contribution in [0.3, 0.4) is 0 Å². The molecule has 1 heterocycles. The van der Waals surface area contributed by atoms with Gasteiger partial charge >= 0.3 is 0 Å². The summed E-state index contributed by atoms with van der Waals surface area (Å²) in [5.41, 5.74) is 1.78. The topological polar surface area (TPSA) is 105 Å². The van der Waals surface area contributed by atoms with E-state index in [1.165, 1.54) is 0 Å². The number of carbonyl (C=O) groups is 3. The SMILES string of the molecule is CCN(N)C(=O)C(COCc1ccccc1)NC(=O)CCN1C(=O)CCSc2ccccc21. The lowest BCUT2D eigenvalue weighted by Gasteiger charge is -2.25. The lowest BCUT2D eigenvalue weighted by molar-refractivity contribution is -0.138. The minimum Gasteiger partial charge on any atom is -0.374 e. The van der Waals surface area contributed by atoms with Crippen LogP contribution in [0.2, 0.25) is 0 Å². The molecule has 1 unspecified atom stereocenters. The second kappa shape index (κ2) is 12.4. The third-order valence-corrected chi connectivity index (χ3v) is 6.31. The molecule has 3 rings (SSSR count). The molecule has 0 saturated heterocycles. The van der Waals surface area contributed by atoms with Gasteiger partial charge in [0.25, 0.3) is 5.91 Å². The zero-order valence-corrected chi connectivity index (χ0v) is 19.6. The molecule has 1 aliphatic heterocycles. The van der Waals surface area contributed by atoms with Crippen LogP contribution in [0, 0.1) is 0 Å². The van der Waals surface area contributed by atoms with Crippen LogP contribution in [0.1, 0.15) is 25.3 Å². The molecule has 0 radical (unpaired) electrons. The highest BCUT2D eigenvalue weighted by atomic mass is 32.2. The van der Waals surface area contributed by atoms with Crippen molar-refractivity contribution in [2.24, 2.45) is 5.84 Å². The van der Waals surface area contributed by atoms with Gasteiger partial charge in [0.05, 0.1) is 18.9 Å². The fourth-order valence-electron chi connectivity index (χ4n) is 3.44. The number of hydrogen-bond donors (Lipinski definition) is 2.